The quantitative estimate of drug-likeness (QED) is 0.497. The van der Waals surface area contributed by atoms with Gasteiger partial charge in [0.1, 0.15) is 5.84 Å². The van der Waals surface area contributed by atoms with E-state index in [-0.39, 0.29) is 6.61 Å². The molecule has 0 radical (unpaired) electrons. The number of oxime groups is 1. The number of aryl methyl sites for hydroxylation is 1. The molecule has 0 spiro atoms. The lowest BCUT2D eigenvalue weighted by Gasteiger charge is -2.00. The van der Waals surface area contributed by atoms with Gasteiger partial charge in [-0.25, -0.2) is 0 Å². The Hall–Kier alpha value is -2.30. The van der Waals surface area contributed by atoms with E-state index in [0.717, 1.165) is 11.3 Å². The van der Waals surface area contributed by atoms with Crippen molar-refractivity contribution in [1.82, 2.24) is 5.16 Å². The fraction of sp³-hybridized carbons (Fsp3) is 0.231. The summed E-state index contributed by atoms with van der Waals surface area (Å²) < 4.78 is 4.98. The number of hydrogen-bond donors (Lipinski definition) is 1. The second kappa shape index (κ2) is 5.86. The molecular weight excluding hydrogens is 230 g/mol. The van der Waals surface area contributed by atoms with Crippen LogP contribution in [0.1, 0.15) is 17.0 Å². The Morgan fingerprint density at radius 3 is 2.83 bits per heavy atom. The highest BCUT2D eigenvalue weighted by atomic mass is 16.6. The van der Waals surface area contributed by atoms with Gasteiger partial charge in [0.25, 0.3) is 0 Å². The van der Waals surface area contributed by atoms with E-state index in [1.54, 1.807) is 6.07 Å². The summed E-state index contributed by atoms with van der Waals surface area (Å²) in [5.41, 5.74) is 7.66. The van der Waals surface area contributed by atoms with Gasteiger partial charge in [-0.3, -0.25) is 0 Å². The van der Waals surface area contributed by atoms with Crippen molar-refractivity contribution in [3.8, 4) is 0 Å². The first kappa shape index (κ1) is 12.2. The summed E-state index contributed by atoms with van der Waals surface area (Å²) in [6.45, 7) is 2.08. The third-order valence-electron chi connectivity index (χ3n) is 2.29. The lowest BCUT2D eigenvalue weighted by molar-refractivity contribution is 0.108. The molecule has 5 heteroatoms. The minimum atomic E-state index is 0.232. The number of benzene rings is 1. The smallest absolute Gasteiger partial charge is 0.177 e. The maximum atomic E-state index is 5.75. The Labute approximate surface area is 105 Å². The molecule has 2 rings (SSSR count). The molecule has 0 saturated heterocycles. The van der Waals surface area contributed by atoms with Gasteiger partial charge >= 0.3 is 0 Å². The molecule has 18 heavy (non-hydrogen) atoms. The van der Waals surface area contributed by atoms with E-state index in [0.29, 0.717) is 18.0 Å². The van der Waals surface area contributed by atoms with Crippen LogP contribution in [0, 0.1) is 6.92 Å². The average Bonchev–Trinajstić information content (AvgIpc) is 2.76. The zero-order valence-electron chi connectivity index (χ0n) is 10.2. The summed E-state index contributed by atoms with van der Waals surface area (Å²) in [6.07, 6.45) is 0.566. The van der Waals surface area contributed by atoms with Gasteiger partial charge in [-0.15, -0.1) is 0 Å². The molecule has 0 amide bonds. The molecule has 1 aromatic heterocycles. The van der Waals surface area contributed by atoms with Gasteiger partial charge in [0.15, 0.2) is 12.4 Å². The fourth-order valence-corrected chi connectivity index (χ4v) is 1.50. The molecular formula is C13H15N3O2. The van der Waals surface area contributed by atoms with Gasteiger partial charge in [0, 0.05) is 12.5 Å². The summed E-state index contributed by atoms with van der Waals surface area (Å²) in [5.74, 6) is 1.06. The second-order valence-corrected chi connectivity index (χ2v) is 3.95. The van der Waals surface area contributed by atoms with Gasteiger partial charge in [0.05, 0.1) is 5.69 Å². The molecule has 0 unspecified atom stereocenters. The van der Waals surface area contributed by atoms with Crippen molar-refractivity contribution in [3.05, 3.63) is 53.4 Å². The third-order valence-corrected chi connectivity index (χ3v) is 2.29. The van der Waals surface area contributed by atoms with Crippen molar-refractivity contribution in [1.29, 1.82) is 0 Å². The maximum Gasteiger partial charge on any atom is 0.177 e. The van der Waals surface area contributed by atoms with Crippen LogP contribution in [0.15, 0.2) is 46.1 Å². The van der Waals surface area contributed by atoms with E-state index >= 15 is 0 Å². The number of nitrogens with two attached hydrogens (primary N) is 1. The summed E-state index contributed by atoms with van der Waals surface area (Å²) >= 11 is 0. The molecule has 0 atom stereocenters. The Morgan fingerprint density at radius 1 is 1.39 bits per heavy atom. The Bertz CT molecular complexity index is 520. The zero-order valence-corrected chi connectivity index (χ0v) is 10.2. The van der Waals surface area contributed by atoms with Gasteiger partial charge in [-0.1, -0.05) is 40.6 Å². The minimum absolute atomic E-state index is 0.232. The van der Waals surface area contributed by atoms with Crippen molar-refractivity contribution < 1.29 is 9.36 Å². The lowest BCUT2D eigenvalue weighted by atomic mass is 10.1. The average molecular weight is 245 g/mol. The molecule has 0 saturated carbocycles. The molecule has 0 fully saturated rings. The molecule has 0 aliphatic rings. The van der Waals surface area contributed by atoms with E-state index in [1.165, 1.54) is 0 Å². The van der Waals surface area contributed by atoms with Gasteiger partial charge < -0.3 is 15.1 Å². The molecule has 0 bridgehead atoms. The fourth-order valence-electron chi connectivity index (χ4n) is 1.50. The van der Waals surface area contributed by atoms with E-state index in [1.807, 2.05) is 37.3 Å². The number of hydrogen-bond acceptors (Lipinski definition) is 4. The first-order valence-corrected chi connectivity index (χ1v) is 5.64. The molecule has 1 aromatic carbocycles. The van der Waals surface area contributed by atoms with Crippen LogP contribution >= 0.6 is 0 Å². The summed E-state index contributed by atoms with van der Waals surface area (Å²) in [6, 6.07) is 11.6. The lowest BCUT2D eigenvalue weighted by Crippen LogP contribution is -2.15. The van der Waals surface area contributed by atoms with E-state index in [9.17, 15) is 0 Å². The normalized spacial score (nSPS) is 11.5. The molecule has 94 valence electrons. The monoisotopic (exact) mass is 245 g/mol. The molecule has 2 N–H and O–H groups in total. The molecule has 5 nitrogen and oxygen atoms in total. The highest BCUT2D eigenvalue weighted by Crippen LogP contribution is 2.04. The van der Waals surface area contributed by atoms with E-state index < -0.39 is 0 Å². The van der Waals surface area contributed by atoms with Crippen molar-refractivity contribution in [2.75, 3.05) is 0 Å². The number of aromatic nitrogens is 1. The third kappa shape index (κ3) is 3.62. The van der Waals surface area contributed by atoms with Crippen LogP contribution in [-0.4, -0.2) is 11.0 Å². The first-order chi connectivity index (χ1) is 8.74. The van der Waals surface area contributed by atoms with Crippen LogP contribution in [0.2, 0.25) is 0 Å². The first-order valence-electron chi connectivity index (χ1n) is 5.64. The summed E-state index contributed by atoms with van der Waals surface area (Å²) in [4.78, 5) is 5.10. The zero-order chi connectivity index (χ0) is 12.8. The standard InChI is InChI=1S/C13H15N3O2/c1-10-7-12(18-15-10)9-17-16-13(14)8-11-5-3-2-4-6-11/h2-7H,8-9H2,1H3,(H2,14,16). The van der Waals surface area contributed by atoms with Crippen LogP contribution in [-0.2, 0) is 17.9 Å². The SMILES string of the molecule is Cc1cc(CO/N=C(/N)Cc2ccccc2)on1. The van der Waals surface area contributed by atoms with Gasteiger partial charge in [-0.2, -0.15) is 0 Å². The molecule has 1 heterocycles. The molecule has 0 aliphatic heterocycles. The Morgan fingerprint density at radius 2 is 2.17 bits per heavy atom. The topological polar surface area (TPSA) is 73.6 Å². The number of nitrogens with zero attached hydrogens (tertiary/aromatic N) is 2. The summed E-state index contributed by atoms with van der Waals surface area (Å²) in [5, 5.41) is 7.58. The number of rotatable bonds is 5. The highest BCUT2D eigenvalue weighted by Gasteiger charge is 2.01. The highest BCUT2D eigenvalue weighted by molar-refractivity contribution is 5.82. The van der Waals surface area contributed by atoms with Crippen LogP contribution in [0.5, 0.6) is 0 Å². The van der Waals surface area contributed by atoms with E-state index in [4.69, 9.17) is 15.1 Å². The van der Waals surface area contributed by atoms with Crippen LogP contribution < -0.4 is 5.73 Å². The van der Waals surface area contributed by atoms with Crippen molar-refractivity contribution in [2.45, 2.75) is 20.0 Å². The van der Waals surface area contributed by atoms with Crippen LogP contribution in [0.3, 0.4) is 0 Å². The van der Waals surface area contributed by atoms with Crippen molar-refractivity contribution >= 4 is 5.84 Å². The van der Waals surface area contributed by atoms with Crippen molar-refractivity contribution in [2.24, 2.45) is 10.9 Å². The van der Waals surface area contributed by atoms with Crippen LogP contribution in [0.25, 0.3) is 0 Å². The van der Waals surface area contributed by atoms with Crippen molar-refractivity contribution in [3.63, 3.8) is 0 Å². The summed E-state index contributed by atoms with van der Waals surface area (Å²) in [7, 11) is 0. The molecule has 0 aliphatic carbocycles. The predicted octanol–water partition coefficient (Wildman–Crippen LogP) is 2.01. The van der Waals surface area contributed by atoms with Gasteiger partial charge in [-0.05, 0) is 12.5 Å². The molecule has 2 aromatic rings. The maximum absolute atomic E-state index is 5.75. The van der Waals surface area contributed by atoms with Gasteiger partial charge in [0.2, 0.25) is 0 Å². The Balaban J connectivity index is 1.82. The largest absolute Gasteiger partial charge is 0.386 e. The second-order valence-electron chi connectivity index (χ2n) is 3.95. The van der Waals surface area contributed by atoms with E-state index in [2.05, 4.69) is 10.3 Å². The minimum Gasteiger partial charge on any atom is -0.386 e. The Kier molecular flexibility index (Phi) is 3.96. The van der Waals surface area contributed by atoms with Crippen LogP contribution in [0.4, 0.5) is 0 Å². The predicted molar refractivity (Wildman–Crippen MR) is 67.8 cm³/mol. The number of amidine groups is 1.